The number of H-pyrrole nitrogens is 1. The Hall–Kier alpha value is -0.910. The van der Waals surface area contributed by atoms with Crippen molar-refractivity contribution >= 4 is 25.8 Å². The van der Waals surface area contributed by atoms with Crippen molar-refractivity contribution < 1.29 is 57.7 Å². The number of rotatable bonds is 12. The van der Waals surface area contributed by atoms with Crippen LogP contribution in [0.4, 0.5) is 0 Å². The third-order valence-electron chi connectivity index (χ3n) is 3.33. The first kappa shape index (κ1) is 25.4. The van der Waals surface area contributed by atoms with Gasteiger partial charge in [-0.25, -0.2) is 10.1 Å². The maximum Gasteiger partial charge on any atom is 0.390 e. The van der Waals surface area contributed by atoms with Gasteiger partial charge in [-0.15, -0.1) is 18.7 Å². The van der Waals surface area contributed by atoms with Gasteiger partial charge in [-0.1, -0.05) is 5.18 Å². The molecule has 1 fully saturated rings. The summed E-state index contributed by atoms with van der Waals surface area (Å²) in [4.78, 5) is 63.3. The van der Waals surface area contributed by atoms with Crippen molar-refractivity contribution in [3.05, 3.63) is 38.0 Å². The zero-order chi connectivity index (χ0) is 22.3. The summed E-state index contributed by atoms with van der Waals surface area (Å²) in [7, 11) is -8.63. The molecule has 21 heteroatoms. The van der Waals surface area contributed by atoms with Crippen molar-refractivity contribution in [3.63, 3.8) is 0 Å². The zero-order valence-electron chi connectivity index (χ0n) is 14.2. The summed E-state index contributed by atoms with van der Waals surface area (Å²) >= 11 is 0. The Morgan fingerprint density at radius 3 is 2.37 bits per heavy atom. The molecule has 1 aromatic heterocycles. The molecular weight excluding hydrogens is 483 g/mol. The van der Waals surface area contributed by atoms with E-state index in [9.17, 15) is 24.5 Å². The molecule has 170 valence electrons. The van der Waals surface area contributed by atoms with Crippen LogP contribution in [0, 0.1) is 4.91 Å². The largest absolute Gasteiger partial charge is 0.390 e. The van der Waals surface area contributed by atoms with E-state index in [1.165, 1.54) is 0 Å². The molecule has 0 bridgehead atoms. The van der Waals surface area contributed by atoms with Gasteiger partial charge in [-0.3, -0.25) is 14.3 Å². The summed E-state index contributed by atoms with van der Waals surface area (Å²) in [6.45, 7) is -0.575. The Kier molecular flexibility index (Phi) is 10.3. The Morgan fingerprint density at radius 1 is 1.13 bits per heavy atom. The summed E-state index contributed by atoms with van der Waals surface area (Å²) in [6, 6.07) is -0.415. The molecule has 0 saturated carbocycles. The number of aliphatic hydroxyl groups excluding tert-OH is 1. The van der Waals surface area contributed by atoms with Crippen LogP contribution in [0.3, 0.4) is 0 Å². The minimum absolute atomic E-state index is 0.575. The number of hydrogen-bond donors (Lipinski definition) is 6. The first-order valence-corrected chi connectivity index (χ1v) is 10.7. The number of aromatic nitrogens is 2. The average Bonchev–Trinajstić information content (AvgIpc) is 3.03. The van der Waals surface area contributed by atoms with Crippen LogP contribution in [0.15, 0.2) is 27.0 Å². The number of ether oxygens (including phenoxy) is 1. The molecule has 30 heavy (non-hydrogen) atoms. The van der Waals surface area contributed by atoms with Crippen molar-refractivity contribution in [1.29, 1.82) is 0 Å². The van der Waals surface area contributed by atoms with Gasteiger partial charge in [-0.05, 0) is 0 Å². The second-order valence-corrected chi connectivity index (χ2v) is 7.50. The fourth-order valence-electron chi connectivity index (χ4n) is 2.15. The predicted molar refractivity (Wildman–Crippen MR) is 92.2 cm³/mol. The molecule has 7 unspecified atom stereocenters. The highest BCUT2D eigenvalue weighted by Crippen LogP contribution is 2.46. The highest BCUT2D eigenvalue weighted by Gasteiger charge is 2.46. The lowest BCUT2D eigenvalue weighted by Gasteiger charge is -2.17. The van der Waals surface area contributed by atoms with Gasteiger partial charge in [0.2, 0.25) is 0 Å². The monoisotopic (exact) mass is 497 g/mol. The van der Waals surface area contributed by atoms with Crippen LogP contribution in [0.1, 0.15) is 6.23 Å². The molecule has 1 saturated heterocycles. The lowest BCUT2D eigenvalue weighted by Crippen LogP contribution is -2.37. The highest BCUT2D eigenvalue weighted by molar-refractivity contribution is 7.44. The molecule has 6 N–H and O–H groups in total. The van der Waals surface area contributed by atoms with Gasteiger partial charge in [0, 0.05) is 12.3 Å². The van der Waals surface area contributed by atoms with E-state index in [4.69, 9.17) is 24.3 Å². The van der Waals surface area contributed by atoms with Gasteiger partial charge in [-0.2, -0.15) is 9.58 Å². The van der Waals surface area contributed by atoms with E-state index in [2.05, 4.69) is 28.5 Å². The van der Waals surface area contributed by atoms with E-state index < -0.39 is 68.1 Å². The third kappa shape index (κ3) is 7.06. The molecule has 18 nitrogen and oxygen atoms in total. The molecule has 0 amide bonds. The van der Waals surface area contributed by atoms with Crippen molar-refractivity contribution in [3.8, 4) is 0 Å². The molecule has 0 aromatic carbocycles. The minimum atomic E-state index is -2.95. The van der Waals surface area contributed by atoms with Crippen LogP contribution in [0.5, 0.6) is 0 Å². The van der Waals surface area contributed by atoms with Crippen LogP contribution in [-0.2, 0) is 32.6 Å². The number of nitrogens with zero attached hydrogens (tertiary/aromatic N) is 2. The Labute approximate surface area is 168 Å². The number of aromatic amines is 1. The molecule has 1 aliphatic heterocycles. The number of nitrogens with one attached hydrogen (secondary N) is 1. The van der Waals surface area contributed by atoms with Gasteiger partial charge in [0.25, 0.3) is 5.56 Å². The van der Waals surface area contributed by atoms with Crippen LogP contribution in [-0.4, -0.2) is 59.5 Å². The molecule has 0 spiro atoms. The van der Waals surface area contributed by atoms with E-state index in [1.54, 1.807) is 0 Å². The summed E-state index contributed by atoms with van der Waals surface area (Å²) in [5, 5.41) is 20.9. The average molecular weight is 497 g/mol. The van der Waals surface area contributed by atoms with Gasteiger partial charge < -0.3 is 29.0 Å². The molecule has 0 aliphatic carbocycles. The summed E-state index contributed by atoms with van der Waals surface area (Å²) in [5.41, 5.74) is -1.59. The molecule has 1 aromatic rings. The van der Waals surface area contributed by atoms with Crippen LogP contribution in [0.25, 0.3) is 0 Å². The second kappa shape index (κ2) is 12.2. The SMILES string of the molecule is O=NC1C(COP(O)OOP(O)OOP(O)OO)OC(n2ccc(=O)[nH]c2=O)C1O. The van der Waals surface area contributed by atoms with Crippen molar-refractivity contribution in [2.24, 2.45) is 5.18 Å². The van der Waals surface area contributed by atoms with Gasteiger partial charge in [0.05, 0.1) is 6.61 Å². The first-order valence-electron chi connectivity index (χ1n) is 7.35. The fraction of sp³-hybridized carbons (Fsp3) is 0.556. The smallest absolute Gasteiger partial charge is 0.386 e. The molecule has 7 atom stereocenters. The first-order chi connectivity index (χ1) is 14.3. The van der Waals surface area contributed by atoms with Crippen LogP contribution < -0.4 is 11.2 Å². The Morgan fingerprint density at radius 2 is 1.77 bits per heavy atom. The van der Waals surface area contributed by atoms with Crippen molar-refractivity contribution in [2.75, 3.05) is 6.61 Å². The molecule has 1 aliphatic rings. The Bertz CT molecular complexity index is 794. The van der Waals surface area contributed by atoms with Gasteiger partial charge >= 0.3 is 31.5 Å². The van der Waals surface area contributed by atoms with Crippen molar-refractivity contribution in [2.45, 2.75) is 24.5 Å². The van der Waals surface area contributed by atoms with Crippen LogP contribution >= 0.6 is 25.8 Å². The van der Waals surface area contributed by atoms with E-state index in [1.807, 2.05) is 4.98 Å². The summed E-state index contributed by atoms with van der Waals surface area (Å²) in [6.07, 6.45) is -3.16. The number of nitroso groups, excluding NO2 is 1. The quantitative estimate of drug-likeness (QED) is 0.0876. The van der Waals surface area contributed by atoms with E-state index >= 15 is 0 Å². The number of hydrogen-bond acceptors (Lipinski definition) is 16. The fourth-order valence-corrected chi connectivity index (χ4v) is 3.44. The summed E-state index contributed by atoms with van der Waals surface area (Å²) < 4.78 is 30.6. The highest BCUT2D eigenvalue weighted by atomic mass is 31.2. The lowest BCUT2D eigenvalue weighted by molar-refractivity contribution is -0.212. The van der Waals surface area contributed by atoms with E-state index in [0.717, 1.165) is 16.8 Å². The maximum atomic E-state index is 11.8. The Balaban J connectivity index is 1.86. The normalized spacial score (nSPS) is 27.0. The third-order valence-corrected chi connectivity index (χ3v) is 4.88. The number of aliphatic hydroxyl groups is 1. The zero-order valence-corrected chi connectivity index (χ0v) is 16.9. The van der Waals surface area contributed by atoms with E-state index in [0.29, 0.717) is 0 Å². The topological polar surface area (TPSA) is 250 Å². The van der Waals surface area contributed by atoms with Crippen molar-refractivity contribution in [1.82, 2.24) is 9.55 Å². The lowest BCUT2D eigenvalue weighted by atomic mass is 10.1. The molecular formula is C9H14N3O15P3. The van der Waals surface area contributed by atoms with Crippen LogP contribution in [0.2, 0.25) is 0 Å². The molecule has 2 rings (SSSR count). The van der Waals surface area contributed by atoms with E-state index in [-0.39, 0.29) is 0 Å². The second-order valence-electron chi connectivity index (χ2n) is 5.06. The molecule has 2 heterocycles. The summed E-state index contributed by atoms with van der Waals surface area (Å²) in [5.74, 6) is 0. The predicted octanol–water partition coefficient (Wildman–Crippen LogP) is -1.01. The standard InChI is InChI=1S/C9H14N3O15P3/c13-5-1-2-12(9(15)10-5)8-7(14)6(11-16)4(22-8)3-21-28(18)24-26-30(20)27-25-29(19)23-17/h1-2,4,6-8,14,17-20H,3H2,(H,10,13,15). The van der Waals surface area contributed by atoms with Gasteiger partial charge in [0.1, 0.15) is 12.2 Å². The molecule has 0 radical (unpaired) electrons. The maximum absolute atomic E-state index is 11.8. The minimum Gasteiger partial charge on any atom is -0.386 e. The van der Waals surface area contributed by atoms with Gasteiger partial charge in [0.15, 0.2) is 12.3 Å².